The molecule has 5 rings (SSSR count). The van der Waals surface area contributed by atoms with Crippen LogP contribution in [0.25, 0.3) is 5.76 Å². The van der Waals surface area contributed by atoms with Crippen LogP contribution in [-0.4, -0.2) is 36.9 Å². The second-order valence-electron chi connectivity index (χ2n) is 8.41. The molecule has 2 aliphatic heterocycles. The summed E-state index contributed by atoms with van der Waals surface area (Å²) in [6, 6.07) is 15.1. The third-order valence-electron chi connectivity index (χ3n) is 6.17. The van der Waals surface area contributed by atoms with Gasteiger partial charge in [0.05, 0.1) is 25.3 Å². The Bertz CT molecular complexity index is 1410. The van der Waals surface area contributed by atoms with Crippen molar-refractivity contribution < 1.29 is 42.1 Å². The molecule has 0 bridgehead atoms. The molecule has 2 heterocycles. The van der Waals surface area contributed by atoms with Gasteiger partial charge in [0.25, 0.3) is 11.7 Å². The fourth-order valence-electron chi connectivity index (χ4n) is 4.52. The summed E-state index contributed by atoms with van der Waals surface area (Å²) in [5.74, 6) is -1.60. The van der Waals surface area contributed by atoms with Crippen LogP contribution in [0.4, 0.5) is 18.9 Å². The van der Waals surface area contributed by atoms with Crippen LogP contribution < -0.4 is 19.1 Å². The Balaban J connectivity index is 1.64. The van der Waals surface area contributed by atoms with Gasteiger partial charge in [-0.1, -0.05) is 12.1 Å². The number of alkyl halides is 3. The minimum absolute atomic E-state index is 0.144. The van der Waals surface area contributed by atoms with E-state index in [0.29, 0.717) is 35.7 Å². The van der Waals surface area contributed by atoms with E-state index in [-0.39, 0.29) is 17.0 Å². The zero-order chi connectivity index (χ0) is 26.3. The quantitative estimate of drug-likeness (QED) is 0.290. The largest absolute Gasteiger partial charge is 0.573 e. The molecule has 10 heteroatoms. The van der Waals surface area contributed by atoms with Gasteiger partial charge in [-0.3, -0.25) is 14.5 Å². The van der Waals surface area contributed by atoms with E-state index in [9.17, 15) is 27.9 Å². The number of methoxy groups -OCH3 is 1. The van der Waals surface area contributed by atoms with Crippen LogP contribution in [0.1, 0.15) is 22.7 Å². The molecule has 0 saturated carbocycles. The normalized spacial score (nSPS) is 18.5. The van der Waals surface area contributed by atoms with Crippen molar-refractivity contribution in [2.45, 2.75) is 18.8 Å². The molecule has 1 saturated heterocycles. The molecule has 1 N–H and O–H groups in total. The summed E-state index contributed by atoms with van der Waals surface area (Å²) in [7, 11) is 1.46. The van der Waals surface area contributed by atoms with Gasteiger partial charge in [0.2, 0.25) is 0 Å². The monoisotopic (exact) mass is 511 g/mol. The summed E-state index contributed by atoms with van der Waals surface area (Å²) >= 11 is 0. The number of benzene rings is 3. The second kappa shape index (κ2) is 9.20. The van der Waals surface area contributed by atoms with Crippen LogP contribution in [0, 0.1) is 0 Å². The zero-order valence-corrected chi connectivity index (χ0v) is 19.4. The Morgan fingerprint density at radius 2 is 1.78 bits per heavy atom. The number of fused-ring (bicyclic) bond motifs is 1. The smallest absolute Gasteiger partial charge is 0.507 e. The van der Waals surface area contributed by atoms with Crippen LogP contribution in [0.3, 0.4) is 0 Å². The number of aliphatic hydroxyl groups excluding tert-OH is 1. The number of ether oxygens (including phenoxy) is 3. The molecule has 0 aromatic heterocycles. The van der Waals surface area contributed by atoms with E-state index < -0.39 is 29.8 Å². The van der Waals surface area contributed by atoms with Crippen LogP contribution in [0.5, 0.6) is 17.2 Å². The number of amides is 1. The number of anilines is 1. The molecule has 0 spiro atoms. The lowest BCUT2D eigenvalue weighted by Gasteiger charge is -2.26. The van der Waals surface area contributed by atoms with E-state index in [1.165, 1.54) is 19.2 Å². The van der Waals surface area contributed by atoms with Crippen molar-refractivity contribution in [3.8, 4) is 17.2 Å². The molecular formula is C27H20F3NO6. The maximum absolute atomic E-state index is 13.3. The topological polar surface area (TPSA) is 85.3 Å². The van der Waals surface area contributed by atoms with Crippen LogP contribution in [-0.2, 0) is 16.0 Å². The average Bonchev–Trinajstić information content (AvgIpc) is 3.45. The highest BCUT2D eigenvalue weighted by Crippen LogP contribution is 2.43. The zero-order valence-electron chi connectivity index (χ0n) is 19.4. The Kier molecular flexibility index (Phi) is 6.02. The number of ketones is 1. The Hall–Kier alpha value is -4.47. The van der Waals surface area contributed by atoms with Gasteiger partial charge in [0.1, 0.15) is 23.0 Å². The fraction of sp³-hybridized carbons (Fsp3) is 0.185. The number of hydrogen-bond acceptors (Lipinski definition) is 6. The summed E-state index contributed by atoms with van der Waals surface area (Å²) < 4.78 is 52.6. The minimum Gasteiger partial charge on any atom is -0.507 e. The highest BCUT2D eigenvalue weighted by atomic mass is 19.4. The van der Waals surface area contributed by atoms with Crippen LogP contribution in [0.15, 0.2) is 72.3 Å². The third kappa shape index (κ3) is 4.57. The SMILES string of the molecule is COc1cccc(C2/C(=C(/O)c3ccc4c(c3)CCO4)C(=O)C(=O)N2c2ccc(OC(F)(F)F)cc2)c1. The summed E-state index contributed by atoms with van der Waals surface area (Å²) in [5, 5.41) is 11.3. The standard InChI is InChI=1S/C27H20F3NO6/c1-35-20-4-2-3-16(14-20)23-22(24(32)17-5-10-21-15(13-17)11-12-36-21)25(33)26(34)31(23)18-6-8-19(9-7-18)37-27(28,29)30/h2-10,13-14,23,32H,11-12H2,1H3/b24-22-. The van der Waals surface area contributed by atoms with E-state index in [1.54, 1.807) is 42.5 Å². The second-order valence-corrected chi connectivity index (χ2v) is 8.41. The van der Waals surface area contributed by atoms with Crippen molar-refractivity contribution >= 4 is 23.1 Å². The first-order valence-corrected chi connectivity index (χ1v) is 11.2. The molecule has 7 nitrogen and oxygen atoms in total. The van der Waals surface area contributed by atoms with Crippen LogP contribution >= 0.6 is 0 Å². The lowest BCUT2D eigenvalue weighted by molar-refractivity contribution is -0.274. The molecule has 1 atom stereocenters. The first-order chi connectivity index (χ1) is 17.7. The van der Waals surface area contributed by atoms with Gasteiger partial charge < -0.3 is 19.3 Å². The van der Waals surface area contributed by atoms with Gasteiger partial charge in [-0.25, -0.2) is 0 Å². The maximum atomic E-state index is 13.3. The number of carbonyl (C=O) groups excluding carboxylic acids is 2. The van der Waals surface area contributed by atoms with Gasteiger partial charge in [-0.2, -0.15) is 0 Å². The molecular weight excluding hydrogens is 491 g/mol. The minimum atomic E-state index is -4.88. The van der Waals surface area contributed by atoms with E-state index in [4.69, 9.17) is 9.47 Å². The lowest BCUT2D eigenvalue weighted by Crippen LogP contribution is -2.29. The Morgan fingerprint density at radius 3 is 2.49 bits per heavy atom. The number of hydrogen-bond donors (Lipinski definition) is 1. The molecule has 1 fully saturated rings. The fourth-order valence-corrected chi connectivity index (χ4v) is 4.52. The highest BCUT2D eigenvalue weighted by Gasteiger charge is 2.47. The summed E-state index contributed by atoms with van der Waals surface area (Å²) in [4.78, 5) is 27.7. The number of aliphatic hydroxyl groups is 1. The Labute approximate surface area is 209 Å². The highest BCUT2D eigenvalue weighted by molar-refractivity contribution is 6.51. The van der Waals surface area contributed by atoms with E-state index in [2.05, 4.69) is 4.74 Å². The predicted octanol–water partition coefficient (Wildman–Crippen LogP) is 5.16. The van der Waals surface area contributed by atoms with E-state index in [0.717, 1.165) is 22.6 Å². The van der Waals surface area contributed by atoms with Gasteiger partial charge >= 0.3 is 6.36 Å². The first kappa shape index (κ1) is 24.2. The van der Waals surface area contributed by atoms with E-state index in [1.807, 2.05) is 0 Å². The lowest BCUT2D eigenvalue weighted by atomic mass is 9.94. The van der Waals surface area contributed by atoms with Gasteiger partial charge in [0, 0.05) is 17.7 Å². The molecule has 3 aromatic rings. The first-order valence-electron chi connectivity index (χ1n) is 11.2. The van der Waals surface area contributed by atoms with E-state index >= 15 is 0 Å². The van der Waals surface area contributed by atoms with Crippen molar-refractivity contribution in [2.24, 2.45) is 0 Å². The molecule has 37 heavy (non-hydrogen) atoms. The molecule has 1 amide bonds. The molecule has 190 valence electrons. The summed E-state index contributed by atoms with van der Waals surface area (Å²) in [6.45, 7) is 0.502. The van der Waals surface area contributed by atoms with Crippen molar-refractivity contribution in [2.75, 3.05) is 18.6 Å². The summed E-state index contributed by atoms with van der Waals surface area (Å²) in [6.07, 6.45) is -4.25. The molecule has 3 aromatic carbocycles. The van der Waals surface area contributed by atoms with Crippen molar-refractivity contribution in [1.29, 1.82) is 0 Å². The third-order valence-corrected chi connectivity index (χ3v) is 6.17. The number of Topliss-reactive ketones (excluding diaryl/α,β-unsaturated/α-hetero) is 1. The molecule has 0 radical (unpaired) electrons. The molecule has 2 aliphatic rings. The summed E-state index contributed by atoms with van der Waals surface area (Å²) in [5.41, 5.74) is 1.64. The van der Waals surface area contributed by atoms with Crippen LogP contribution in [0.2, 0.25) is 0 Å². The predicted molar refractivity (Wildman–Crippen MR) is 127 cm³/mol. The van der Waals surface area contributed by atoms with Gasteiger partial charge in [0.15, 0.2) is 0 Å². The number of nitrogens with zero attached hydrogens (tertiary/aromatic N) is 1. The Morgan fingerprint density at radius 1 is 1.03 bits per heavy atom. The number of carbonyl (C=O) groups is 2. The number of halogens is 3. The average molecular weight is 511 g/mol. The van der Waals surface area contributed by atoms with Crippen molar-refractivity contribution in [3.05, 3.63) is 89.0 Å². The number of rotatable bonds is 5. The maximum Gasteiger partial charge on any atom is 0.573 e. The van der Waals surface area contributed by atoms with Gasteiger partial charge in [-0.15, -0.1) is 13.2 Å². The van der Waals surface area contributed by atoms with Crippen molar-refractivity contribution in [3.63, 3.8) is 0 Å². The van der Waals surface area contributed by atoms with Crippen molar-refractivity contribution in [1.82, 2.24) is 0 Å². The molecule has 0 aliphatic carbocycles. The van der Waals surface area contributed by atoms with Gasteiger partial charge in [-0.05, 0) is 65.7 Å². The molecule has 1 unspecified atom stereocenters.